The van der Waals surface area contributed by atoms with Crippen molar-refractivity contribution in [1.29, 1.82) is 0 Å². The van der Waals surface area contributed by atoms with Gasteiger partial charge in [0.25, 0.3) is 0 Å². The van der Waals surface area contributed by atoms with Crippen molar-refractivity contribution in [2.75, 3.05) is 19.6 Å². The lowest BCUT2D eigenvalue weighted by Crippen LogP contribution is -2.45. The molecule has 1 aromatic heterocycles. The lowest BCUT2D eigenvalue weighted by atomic mass is 9.96. The number of carbonyl (C=O) groups is 2. The minimum absolute atomic E-state index is 0.0695. The second kappa shape index (κ2) is 9.61. The molecule has 0 saturated carbocycles. The molecule has 1 aliphatic rings. The summed E-state index contributed by atoms with van der Waals surface area (Å²) in [6.45, 7) is 1.91. The highest BCUT2D eigenvalue weighted by Crippen LogP contribution is 2.21. The highest BCUT2D eigenvalue weighted by molar-refractivity contribution is 5.84. The van der Waals surface area contributed by atoms with Crippen molar-refractivity contribution < 1.29 is 9.59 Å². The molecule has 0 aliphatic carbocycles. The third kappa shape index (κ3) is 4.90. The molecular formula is C25H29N3O2. The van der Waals surface area contributed by atoms with Gasteiger partial charge in [-0.05, 0) is 42.9 Å². The predicted molar refractivity (Wildman–Crippen MR) is 119 cm³/mol. The van der Waals surface area contributed by atoms with E-state index in [1.807, 2.05) is 47.5 Å². The van der Waals surface area contributed by atoms with Crippen LogP contribution >= 0.6 is 0 Å². The third-order valence-corrected chi connectivity index (χ3v) is 5.98. The van der Waals surface area contributed by atoms with Gasteiger partial charge in [-0.15, -0.1) is 0 Å². The van der Waals surface area contributed by atoms with Crippen LogP contribution in [0, 0.1) is 5.92 Å². The van der Waals surface area contributed by atoms with E-state index in [9.17, 15) is 9.59 Å². The van der Waals surface area contributed by atoms with Gasteiger partial charge < -0.3 is 15.2 Å². The standard InChI is InChI=1S/C25H29N3O2/c29-24(13-12-20-17-27-23-11-5-4-10-22(20)23)28-16-6-9-21(18-28)25(30)26-15-14-19-7-2-1-3-8-19/h1-5,7-8,10-11,17,21,27H,6,9,12-16,18H2,(H,26,30)/t21-/m1/s1. The normalized spacial score (nSPS) is 16.5. The van der Waals surface area contributed by atoms with E-state index in [-0.39, 0.29) is 17.7 Å². The number of H-pyrrole nitrogens is 1. The Morgan fingerprint density at radius 2 is 1.83 bits per heavy atom. The Bertz CT molecular complexity index is 996. The van der Waals surface area contributed by atoms with Gasteiger partial charge >= 0.3 is 0 Å². The molecule has 0 radical (unpaired) electrons. The number of carbonyl (C=O) groups excluding carboxylic acids is 2. The van der Waals surface area contributed by atoms with Crippen LogP contribution in [0.3, 0.4) is 0 Å². The number of hydrogen-bond acceptors (Lipinski definition) is 2. The van der Waals surface area contributed by atoms with Gasteiger partial charge in [0.05, 0.1) is 5.92 Å². The molecule has 5 heteroatoms. The molecule has 0 unspecified atom stereocenters. The van der Waals surface area contributed by atoms with Gasteiger partial charge in [0.15, 0.2) is 0 Å². The van der Waals surface area contributed by atoms with Crippen LogP contribution in [0.5, 0.6) is 0 Å². The van der Waals surface area contributed by atoms with Gasteiger partial charge in [-0.2, -0.15) is 0 Å². The maximum Gasteiger partial charge on any atom is 0.224 e. The fraction of sp³-hybridized carbons (Fsp3) is 0.360. The second-order valence-corrected chi connectivity index (χ2v) is 8.07. The Balaban J connectivity index is 1.25. The zero-order valence-electron chi connectivity index (χ0n) is 17.3. The molecule has 0 bridgehead atoms. The van der Waals surface area contributed by atoms with Gasteiger partial charge in [-0.1, -0.05) is 48.5 Å². The van der Waals surface area contributed by atoms with E-state index in [0.29, 0.717) is 25.9 Å². The number of rotatable bonds is 7. The summed E-state index contributed by atoms with van der Waals surface area (Å²) in [5.74, 6) is 0.105. The molecule has 156 valence electrons. The largest absolute Gasteiger partial charge is 0.361 e. The number of hydrogen-bond donors (Lipinski definition) is 2. The average Bonchev–Trinajstić information content (AvgIpc) is 3.21. The van der Waals surface area contributed by atoms with Crippen LogP contribution in [-0.2, 0) is 22.4 Å². The highest BCUT2D eigenvalue weighted by atomic mass is 16.2. The molecule has 1 aliphatic heterocycles. The van der Waals surface area contributed by atoms with Gasteiger partial charge in [0.1, 0.15) is 0 Å². The van der Waals surface area contributed by atoms with E-state index in [2.05, 4.69) is 28.5 Å². The number of nitrogens with zero attached hydrogens (tertiary/aromatic N) is 1. The molecule has 2 aromatic carbocycles. The second-order valence-electron chi connectivity index (χ2n) is 8.07. The van der Waals surface area contributed by atoms with Crippen LogP contribution in [0.1, 0.15) is 30.4 Å². The fourth-order valence-electron chi connectivity index (χ4n) is 4.27. The number of piperidine rings is 1. The Hall–Kier alpha value is -3.08. The lowest BCUT2D eigenvalue weighted by Gasteiger charge is -2.32. The predicted octanol–water partition coefficient (Wildman–Crippen LogP) is 3.70. The minimum atomic E-state index is -0.105. The first kappa shape index (κ1) is 20.2. The number of amides is 2. The van der Waals surface area contributed by atoms with E-state index in [1.54, 1.807) is 0 Å². The Labute approximate surface area is 177 Å². The van der Waals surface area contributed by atoms with Crippen LogP contribution in [0.4, 0.5) is 0 Å². The molecular weight excluding hydrogens is 374 g/mol. The summed E-state index contributed by atoms with van der Waals surface area (Å²) >= 11 is 0. The van der Waals surface area contributed by atoms with Crippen LogP contribution in [-0.4, -0.2) is 41.3 Å². The smallest absolute Gasteiger partial charge is 0.224 e. The van der Waals surface area contributed by atoms with E-state index in [0.717, 1.165) is 31.3 Å². The summed E-state index contributed by atoms with van der Waals surface area (Å²) in [5.41, 5.74) is 3.49. The molecule has 4 rings (SSSR count). The summed E-state index contributed by atoms with van der Waals surface area (Å²) in [4.78, 5) is 30.5. The van der Waals surface area contributed by atoms with Crippen LogP contribution in [0.2, 0.25) is 0 Å². The number of aromatic nitrogens is 1. The number of benzene rings is 2. The van der Waals surface area contributed by atoms with Gasteiger partial charge in [0.2, 0.25) is 11.8 Å². The SMILES string of the molecule is O=C(NCCc1ccccc1)[C@@H]1CCCN(C(=O)CCc2c[nH]c3ccccc23)C1. The number of para-hydroxylation sites is 1. The van der Waals surface area contributed by atoms with Crippen LogP contribution in [0.25, 0.3) is 10.9 Å². The summed E-state index contributed by atoms with van der Waals surface area (Å²) in [7, 11) is 0. The molecule has 1 saturated heterocycles. The van der Waals surface area contributed by atoms with E-state index < -0.39 is 0 Å². The Kier molecular flexibility index (Phi) is 6.47. The summed E-state index contributed by atoms with van der Waals surface area (Å²) in [6, 6.07) is 18.3. The molecule has 2 N–H and O–H groups in total. The Morgan fingerprint density at radius 3 is 2.70 bits per heavy atom. The highest BCUT2D eigenvalue weighted by Gasteiger charge is 2.28. The summed E-state index contributed by atoms with van der Waals surface area (Å²) in [5, 5.41) is 4.23. The monoisotopic (exact) mass is 403 g/mol. The van der Waals surface area contributed by atoms with E-state index in [4.69, 9.17) is 0 Å². The fourth-order valence-corrected chi connectivity index (χ4v) is 4.27. The van der Waals surface area contributed by atoms with Crippen molar-refractivity contribution in [1.82, 2.24) is 15.2 Å². The molecule has 3 aromatic rings. The maximum absolute atomic E-state index is 12.8. The molecule has 1 atom stereocenters. The molecule has 2 heterocycles. The topological polar surface area (TPSA) is 65.2 Å². The quantitative estimate of drug-likeness (QED) is 0.632. The van der Waals surface area contributed by atoms with Crippen molar-refractivity contribution >= 4 is 22.7 Å². The first-order chi connectivity index (χ1) is 14.7. The molecule has 2 amide bonds. The first-order valence-electron chi connectivity index (χ1n) is 10.8. The van der Waals surface area contributed by atoms with Crippen LogP contribution in [0.15, 0.2) is 60.8 Å². The maximum atomic E-state index is 12.8. The number of nitrogens with one attached hydrogen (secondary N) is 2. The third-order valence-electron chi connectivity index (χ3n) is 5.98. The van der Waals surface area contributed by atoms with Gasteiger partial charge in [-0.25, -0.2) is 0 Å². The zero-order valence-corrected chi connectivity index (χ0v) is 17.3. The van der Waals surface area contributed by atoms with Crippen molar-refractivity contribution in [2.45, 2.75) is 32.1 Å². The molecule has 1 fully saturated rings. The number of aromatic amines is 1. The van der Waals surface area contributed by atoms with Crippen molar-refractivity contribution in [2.24, 2.45) is 5.92 Å². The number of fused-ring (bicyclic) bond motifs is 1. The van der Waals surface area contributed by atoms with Crippen molar-refractivity contribution in [3.05, 3.63) is 71.9 Å². The molecule has 30 heavy (non-hydrogen) atoms. The van der Waals surface area contributed by atoms with Crippen LogP contribution < -0.4 is 5.32 Å². The van der Waals surface area contributed by atoms with E-state index >= 15 is 0 Å². The molecule has 0 spiro atoms. The Morgan fingerprint density at radius 1 is 1.03 bits per heavy atom. The first-order valence-corrected chi connectivity index (χ1v) is 10.8. The number of aryl methyl sites for hydroxylation is 1. The summed E-state index contributed by atoms with van der Waals surface area (Å²) in [6.07, 6.45) is 5.75. The minimum Gasteiger partial charge on any atom is -0.361 e. The van der Waals surface area contributed by atoms with Gasteiger partial charge in [0, 0.05) is 43.2 Å². The van der Waals surface area contributed by atoms with Crippen molar-refractivity contribution in [3.63, 3.8) is 0 Å². The average molecular weight is 404 g/mol. The lowest BCUT2D eigenvalue weighted by molar-refractivity contribution is -0.135. The van der Waals surface area contributed by atoms with E-state index in [1.165, 1.54) is 16.5 Å². The van der Waals surface area contributed by atoms with Crippen molar-refractivity contribution in [3.8, 4) is 0 Å². The molecule has 5 nitrogen and oxygen atoms in total. The summed E-state index contributed by atoms with van der Waals surface area (Å²) < 4.78 is 0. The number of likely N-dealkylation sites (tertiary alicyclic amines) is 1. The zero-order chi connectivity index (χ0) is 20.8. The van der Waals surface area contributed by atoms with Gasteiger partial charge in [-0.3, -0.25) is 9.59 Å².